The Bertz CT molecular complexity index is 398. The van der Waals surface area contributed by atoms with Gasteiger partial charge in [0.1, 0.15) is 11.9 Å². The molecule has 0 bridgehead atoms. The van der Waals surface area contributed by atoms with Crippen LogP contribution in [0.15, 0.2) is 24.3 Å². The summed E-state index contributed by atoms with van der Waals surface area (Å²) in [5, 5.41) is 3.62. The summed E-state index contributed by atoms with van der Waals surface area (Å²) in [4.78, 5) is 0. The lowest BCUT2D eigenvalue weighted by Gasteiger charge is -2.21. The molecule has 3 rings (SSSR count). The van der Waals surface area contributed by atoms with Gasteiger partial charge in [-0.25, -0.2) is 0 Å². The van der Waals surface area contributed by atoms with Crippen molar-refractivity contribution in [2.45, 2.75) is 39.2 Å². The fourth-order valence-electron chi connectivity index (χ4n) is 2.97. The monoisotopic (exact) mass is 245 g/mol. The van der Waals surface area contributed by atoms with Crippen molar-refractivity contribution < 1.29 is 4.74 Å². The van der Waals surface area contributed by atoms with Crippen LogP contribution in [-0.4, -0.2) is 19.2 Å². The molecule has 0 aromatic heterocycles. The van der Waals surface area contributed by atoms with E-state index in [1.165, 1.54) is 18.4 Å². The molecule has 2 aliphatic rings. The van der Waals surface area contributed by atoms with E-state index < -0.39 is 0 Å². The number of benzene rings is 1. The van der Waals surface area contributed by atoms with Crippen molar-refractivity contribution in [1.82, 2.24) is 5.32 Å². The quantitative estimate of drug-likeness (QED) is 0.861. The highest BCUT2D eigenvalue weighted by molar-refractivity contribution is 5.37. The van der Waals surface area contributed by atoms with Crippen LogP contribution in [0.5, 0.6) is 5.75 Å². The predicted molar refractivity (Wildman–Crippen MR) is 73.9 cm³/mol. The maximum Gasteiger partial charge on any atom is 0.123 e. The number of ether oxygens (including phenoxy) is 1. The van der Waals surface area contributed by atoms with Crippen molar-refractivity contribution in [2.75, 3.05) is 13.1 Å². The van der Waals surface area contributed by atoms with Crippen molar-refractivity contribution in [1.29, 1.82) is 0 Å². The van der Waals surface area contributed by atoms with Crippen LogP contribution in [0.4, 0.5) is 0 Å². The molecule has 18 heavy (non-hydrogen) atoms. The SMILES string of the molecule is CC(C)C1(CNCC2Cc3ccccc3O2)CC1. The Morgan fingerprint density at radius 2 is 2.11 bits per heavy atom. The minimum absolute atomic E-state index is 0.324. The topological polar surface area (TPSA) is 21.3 Å². The zero-order valence-electron chi connectivity index (χ0n) is 11.4. The zero-order valence-corrected chi connectivity index (χ0v) is 11.4. The van der Waals surface area contributed by atoms with E-state index in [9.17, 15) is 0 Å². The van der Waals surface area contributed by atoms with Crippen molar-refractivity contribution in [2.24, 2.45) is 11.3 Å². The van der Waals surface area contributed by atoms with Crippen molar-refractivity contribution in [3.8, 4) is 5.75 Å². The molecule has 0 spiro atoms. The summed E-state index contributed by atoms with van der Waals surface area (Å²) in [6.45, 7) is 6.82. The Morgan fingerprint density at radius 1 is 1.33 bits per heavy atom. The number of nitrogens with one attached hydrogen (secondary N) is 1. The average Bonchev–Trinajstić information content (AvgIpc) is 3.03. The summed E-state index contributed by atoms with van der Waals surface area (Å²) in [5.41, 5.74) is 1.94. The van der Waals surface area contributed by atoms with Crippen molar-refractivity contribution in [3.05, 3.63) is 29.8 Å². The Kier molecular flexibility index (Phi) is 3.06. The van der Waals surface area contributed by atoms with Gasteiger partial charge in [-0.15, -0.1) is 0 Å². The molecule has 1 aromatic rings. The van der Waals surface area contributed by atoms with Crippen LogP contribution < -0.4 is 10.1 Å². The molecule has 0 amide bonds. The van der Waals surface area contributed by atoms with Crippen LogP contribution in [-0.2, 0) is 6.42 Å². The molecule has 0 radical (unpaired) electrons. The number of rotatable bonds is 5. The summed E-state index contributed by atoms with van der Waals surface area (Å²) in [6, 6.07) is 8.39. The maximum absolute atomic E-state index is 5.94. The predicted octanol–water partition coefficient (Wildman–Crippen LogP) is 3.02. The van der Waals surface area contributed by atoms with E-state index in [-0.39, 0.29) is 0 Å². The molecule has 98 valence electrons. The minimum atomic E-state index is 0.324. The molecule has 1 aromatic carbocycles. The van der Waals surface area contributed by atoms with Crippen LogP contribution in [0.3, 0.4) is 0 Å². The molecule has 1 N–H and O–H groups in total. The van der Waals surface area contributed by atoms with Gasteiger partial charge in [0.15, 0.2) is 0 Å². The van der Waals surface area contributed by atoms with Crippen LogP contribution in [0, 0.1) is 11.3 Å². The fourth-order valence-corrected chi connectivity index (χ4v) is 2.97. The van der Waals surface area contributed by atoms with E-state index in [1.807, 2.05) is 6.07 Å². The van der Waals surface area contributed by atoms with Crippen molar-refractivity contribution >= 4 is 0 Å². The summed E-state index contributed by atoms with van der Waals surface area (Å²) >= 11 is 0. The molecular weight excluding hydrogens is 222 g/mol. The van der Waals surface area contributed by atoms with E-state index in [4.69, 9.17) is 4.74 Å². The van der Waals surface area contributed by atoms with Gasteiger partial charge in [0.2, 0.25) is 0 Å². The van der Waals surface area contributed by atoms with Crippen LogP contribution in [0.1, 0.15) is 32.3 Å². The van der Waals surface area contributed by atoms with E-state index in [2.05, 4.69) is 37.4 Å². The first-order valence-electron chi connectivity index (χ1n) is 7.15. The second-order valence-electron chi connectivity index (χ2n) is 6.20. The number of hydrogen-bond donors (Lipinski definition) is 1. The highest BCUT2D eigenvalue weighted by Gasteiger charge is 2.44. The minimum Gasteiger partial charge on any atom is -0.488 e. The van der Waals surface area contributed by atoms with E-state index in [0.29, 0.717) is 11.5 Å². The van der Waals surface area contributed by atoms with Gasteiger partial charge in [-0.05, 0) is 35.8 Å². The van der Waals surface area contributed by atoms with E-state index in [1.54, 1.807) is 0 Å². The van der Waals surface area contributed by atoms with Gasteiger partial charge < -0.3 is 10.1 Å². The molecule has 2 heteroatoms. The van der Waals surface area contributed by atoms with Crippen molar-refractivity contribution in [3.63, 3.8) is 0 Å². The fraction of sp³-hybridized carbons (Fsp3) is 0.625. The Morgan fingerprint density at radius 3 is 2.78 bits per heavy atom. The maximum atomic E-state index is 5.94. The molecule has 1 aliphatic heterocycles. The zero-order chi connectivity index (χ0) is 12.6. The largest absolute Gasteiger partial charge is 0.488 e. The lowest BCUT2D eigenvalue weighted by Crippen LogP contribution is -2.35. The molecule has 1 saturated carbocycles. The molecule has 1 atom stereocenters. The molecule has 1 heterocycles. The first kappa shape index (κ1) is 12.0. The van der Waals surface area contributed by atoms with Gasteiger partial charge in [-0.1, -0.05) is 32.0 Å². The lowest BCUT2D eigenvalue weighted by molar-refractivity contribution is 0.218. The van der Waals surface area contributed by atoms with Gasteiger partial charge >= 0.3 is 0 Å². The van der Waals surface area contributed by atoms with Gasteiger partial charge in [-0.3, -0.25) is 0 Å². The lowest BCUT2D eigenvalue weighted by atomic mass is 9.92. The van der Waals surface area contributed by atoms with E-state index >= 15 is 0 Å². The highest BCUT2D eigenvalue weighted by atomic mass is 16.5. The van der Waals surface area contributed by atoms with Crippen LogP contribution in [0.2, 0.25) is 0 Å². The third-order valence-electron chi connectivity index (χ3n) is 4.68. The Balaban J connectivity index is 1.46. The Hall–Kier alpha value is -1.02. The first-order valence-corrected chi connectivity index (χ1v) is 7.15. The number of fused-ring (bicyclic) bond motifs is 1. The molecule has 1 fully saturated rings. The van der Waals surface area contributed by atoms with E-state index in [0.717, 1.165) is 31.2 Å². The molecule has 1 aliphatic carbocycles. The third kappa shape index (κ3) is 2.26. The Labute approximate surface area is 110 Å². The van der Waals surface area contributed by atoms with Crippen LogP contribution in [0.25, 0.3) is 0 Å². The molecule has 0 saturated heterocycles. The first-order chi connectivity index (χ1) is 8.70. The molecular formula is C16H23NO. The van der Waals surface area contributed by atoms with Gasteiger partial charge in [0.05, 0.1) is 0 Å². The van der Waals surface area contributed by atoms with Gasteiger partial charge in [0.25, 0.3) is 0 Å². The van der Waals surface area contributed by atoms with Gasteiger partial charge in [0, 0.05) is 19.5 Å². The van der Waals surface area contributed by atoms with Crippen LogP contribution >= 0.6 is 0 Å². The number of para-hydroxylation sites is 1. The second kappa shape index (κ2) is 4.58. The average molecular weight is 245 g/mol. The number of hydrogen-bond acceptors (Lipinski definition) is 2. The summed E-state index contributed by atoms with van der Waals surface area (Å²) in [6.07, 6.45) is 4.16. The highest BCUT2D eigenvalue weighted by Crippen LogP contribution is 2.51. The molecule has 1 unspecified atom stereocenters. The second-order valence-corrected chi connectivity index (χ2v) is 6.20. The summed E-state index contributed by atoms with van der Waals surface area (Å²) in [7, 11) is 0. The third-order valence-corrected chi connectivity index (χ3v) is 4.68. The molecule has 2 nitrogen and oxygen atoms in total. The smallest absolute Gasteiger partial charge is 0.123 e. The summed E-state index contributed by atoms with van der Waals surface area (Å²) in [5.74, 6) is 1.88. The standard InChI is InChI=1S/C16H23NO/c1-12(2)16(7-8-16)11-17-10-14-9-13-5-3-4-6-15(13)18-14/h3-6,12,14,17H,7-11H2,1-2H3. The summed E-state index contributed by atoms with van der Waals surface area (Å²) < 4.78 is 5.94. The normalized spacial score (nSPS) is 23.8. The van der Waals surface area contributed by atoms with Gasteiger partial charge in [-0.2, -0.15) is 0 Å².